The molecular weight excluding hydrogens is 1050 g/mol. The first-order valence-electron chi connectivity index (χ1n) is 31.1. The number of rotatable bonds is 40. The second kappa shape index (κ2) is 35.2. The van der Waals surface area contributed by atoms with Gasteiger partial charge in [0.2, 0.25) is 11.5 Å². The Balaban J connectivity index is 1.17. The normalized spacial score (nSPS) is 11.5. The van der Waals surface area contributed by atoms with E-state index in [4.69, 9.17) is 37.9 Å². The van der Waals surface area contributed by atoms with Crippen molar-refractivity contribution in [3.63, 3.8) is 0 Å². The Morgan fingerprint density at radius 1 is 0.310 bits per heavy atom. The molecular formula is C72H86N2O10. The zero-order valence-electron chi connectivity index (χ0n) is 50.2. The predicted molar refractivity (Wildman–Crippen MR) is 332 cm³/mol. The molecule has 7 rings (SSSR count). The Hall–Kier alpha value is -7.96. The lowest BCUT2D eigenvalue weighted by atomic mass is 9.82. The summed E-state index contributed by atoms with van der Waals surface area (Å²) in [7, 11) is 0. The average molecular weight is 1140 g/mol. The second-order valence-electron chi connectivity index (χ2n) is 21.4. The van der Waals surface area contributed by atoms with Gasteiger partial charge in [0.15, 0.2) is 34.6 Å². The molecule has 0 unspecified atom stereocenters. The minimum Gasteiger partial charge on any atom is -0.494 e. The highest BCUT2D eigenvalue weighted by atomic mass is 16.6. The first-order valence-corrected chi connectivity index (χ1v) is 31.1. The van der Waals surface area contributed by atoms with Crippen LogP contribution in [0.25, 0.3) is 22.3 Å². The molecule has 0 heterocycles. The van der Waals surface area contributed by atoms with Gasteiger partial charge in [0, 0.05) is 11.1 Å². The van der Waals surface area contributed by atoms with Crippen LogP contribution < -0.4 is 37.9 Å². The van der Waals surface area contributed by atoms with Crippen LogP contribution in [0.2, 0.25) is 0 Å². The van der Waals surface area contributed by atoms with E-state index in [1.165, 1.54) is 0 Å². The molecule has 0 fully saturated rings. The van der Waals surface area contributed by atoms with Gasteiger partial charge in [-0.15, -0.1) is 0 Å². The van der Waals surface area contributed by atoms with Crippen LogP contribution in [-0.2, 0) is 0 Å². The highest BCUT2D eigenvalue weighted by molar-refractivity contribution is 6.31. The molecule has 0 amide bonds. The molecule has 6 aromatic carbocycles. The van der Waals surface area contributed by atoms with Crippen molar-refractivity contribution in [3.05, 3.63) is 143 Å². The van der Waals surface area contributed by atoms with E-state index in [-0.39, 0.29) is 47.0 Å². The number of ketones is 2. The maximum absolute atomic E-state index is 15.6. The molecule has 444 valence electrons. The largest absolute Gasteiger partial charge is 0.494 e. The van der Waals surface area contributed by atoms with Gasteiger partial charge in [-0.2, -0.15) is 10.5 Å². The first-order chi connectivity index (χ1) is 41.3. The van der Waals surface area contributed by atoms with Crippen molar-refractivity contribution in [2.45, 2.75) is 156 Å². The molecule has 0 aromatic heterocycles. The van der Waals surface area contributed by atoms with Crippen molar-refractivity contribution < 1.29 is 47.5 Å². The maximum Gasteiger partial charge on any atom is 0.204 e. The number of unbranched alkanes of at least 4 members (excludes halogenated alkanes) is 14. The molecule has 1 aliphatic carbocycles. The number of benzene rings is 6. The maximum atomic E-state index is 15.6. The van der Waals surface area contributed by atoms with Gasteiger partial charge in [-0.05, 0) is 134 Å². The van der Waals surface area contributed by atoms with Crippen molar-refractivity contribution in [2.24, 2.45) is 0 Å². The topological polar surface area (TPSA) is 156 Å². The molecule has 0 spiro atoms. The van der Waals surface area contributed by atoms with Gasteiger partial charge in [0.05, 0.1) is 87.2 Å². The molecule has 12 heteroatoms. The van der Waals surface area contributed by atoms with E-state index < -0.39 is 11.6 Å². The van der Waals surface area contributed by atoms with Crippen LogP contribution in [0.5, 0.6) is 46.0 Å². The van der Waals surface area contributed by atoms with Crippen LogP contribution in [0.3, 0.4) is 0 Å². The fourth-order valence-corrected chi connectivity index (χ4v) is 10.0. The van der Waals surface area contributed by atoms with Crippen molar-refractivity contribution >= 4 is 11.6 Å². The van der Waals surface area contributed by atoms with E-state index in [9.17, 15) is 10.5 Å². The van der Waals surface area contributed by atoms with Crippen molar-refractivity contribution in [2.75, 3.05) is 52.9 Å². The molecule has 12 nitrogen and oxygen atoms in total. The lowest BCUT2D eigenvalue weighted by molar-refractivity contribution is 0.0968. The highest BCUT2D eigenvalue weighted by Gasteiger charge is 2.41. The highest BCUT2D eigenvalue weighted by Crippen LogP contribution is 2.51. The fourth-order valence-electron chi connectivity index (χ4n) is 10.0. The van der Waals surface area contributed by atoms with E-state index in [1.807, 2.05) is 97.1 Å². The van der Waals surface area contributed by atoms with Gasteiger partial charge in [0.25, 0.3) is 0 Å². The second-order valence-corrected chi connectivity index (χ2v) is 21.4. The van der Waals surface area contributed by atoms with E-state index in [2.05, 4.69) is 39.8 Å². The molecule has 0 saturated heterocycles. The molecule has 0 aliphatic heterocycles. The minimum atomic E-state index is -0.401. The standard InChI is InChI=1S/C72H86N2O10/c1-5-9-13-17-43-79-63-49-61-65(71(69(63)81-45-19-15-11-7-3)83-47-23-21-41-77-59-37-33-57(34-38-59)55-29-25-53(51-73)26-30-55)68(76)62-50-64(80-44-18-14-10-6-2)70(82-46-20-16-12-8-4)72(66(62)67(61)75)84-48-24-22-42-78-60-39-35-58(36-40-60)56-31-27-54(52-74)28-32-56/h25-40,49-50H,5-24,41-48H2,1-4H3. The number of hydrogen-bond donors (Lipinski definition) is 0. The quantitative estimate of drug-likeness (QED) is 0.0336. The van der Waals surface area contributed by atoms with Crippen LogP contribution >= 0.6 is 0 Å². The van der Waals surface area contributed by atoms with Crippen LogP contribution in [0, 0.1) is 22.7 Å². The Morgan fingerprint density at radius 2 is 0.571 bits per heavy atom. The number of carbonyl (C=O) groups excluding carboxylic acids is 2. The zero-order valence-corrected chi connectivity index (χ0v) is 50.2. The molecule has 6 aromatic rings. The van der Waals surface area contributed by atoms with Gasteiger partial charge in [-0.3, -0.25) is 9.59 Å². The number of carbonyl (C=O) groups is 2. The van der Waals surface area contributed by atoms with Crippen LogP contribution in [-0.4, -0.2) is 64.4 Å². The molecule has 0 radical (unpaired) electrons. The average Bonchev–Trinajstić information content (AvgIpc) is 3.12. The Morgan fingerprint density at radius 3 is 0.869 bits per heavy atom. The van der Waals surface area contributed by atoms with Gasteiger partial charge < -0.3 is 37.9 Å². The molecule has 0 atom stereocenters. The summed E-state index contributed by atoms with van der Waals surface area (Å²) in [6.45, 7) is 11.5. The van der Waals surface area contributed by atoms with Crippen LogP contribution in [0.1, 0.15) is 199 Å². The number of hydrogen-bond acceptors (Lipinski definition) is 12. The van der Waals surface area contributed by atoms with Gasteiger partial charge in [0.1, 0.15) is 11.5 Å². The summed E-state index contributed by atoms with van der Waals surface area (Å²) >= 11 is 0. The molecule has 84 heavy (non-hydrogen) atoms. The number of ether oxygens (including phenoxy) is 8. The summed E-state index contributed by atoms with van der Waals surface area (Å²) < 4.78 is 52.3. The SMILES string of the molecule is CCCCCCOc1cc2c(c(OCCCCOc3ccc(-c4ccc(C#N)cc4)cc3)c1OCCCCCC)C(=O)c1cc(OCCCCCC)c(OCCCCCC)c(OCCCCOc3ccc(-c4ccc(C#N)cc4)cc3)c1C2=O. The van der Waals surface area contributed by atoms with Crippen LogP contribution in [0.4, 0.5) is 0 Å². The smallest absolute Gasteiger partial charge is 0.204 e. The number of nitriles is 2. The third-order valence-corrected chi connectivity index (χ3v) is 14.9. The summed E-state index contributed by atoms with van der Waals surface area (Å²) in [5.74, 6) is 2.42. The Kier molecular flexibility index (Phi) is 26.7. The van der Waals surface area contributed by atoms with E-state index in [1.54, 1.807) is 12.1 Å². The molecule has 1 aliphatic rings. The van der Waals surface area contributed by atoms with E-state index >= 15 is 9.59 Å². The molecule has 0 saturated carbocycles. The van der Waals surface area contributed by atoms with Crippen LogP contribution in [0.15, 0.2) is 109 Å². The van der Waals surface area contributed by atoms with Gasteiger partial charge in [-0.25, -0.2) is 0 Å². The third-order valence-electron chi connectivity index (χ3n) is 14.9. The van der Waals surface area contributed by atoms with E-state index in [0.29, 0.717) is 99.4 Å². The fraction of sp³-hybridized carbons (Fsp3) is 0.444. The third kappa shape index (κ3) is 18.5. The van der Waals surface area contributed by atoms with Gasteiger partial charge in [-0.1, -0.05) is 153 Å². The summed E-state index contributed by atoms with van der Waals surface area (Å²) in [6.07, 6.45) is 18.1. The monoisotopic (exact) mass is 1140 g/mol. The number of fused-ring (bicyclic) bond motifs is 2. The minimum absolute atomic E-state index is 0.128. The van der Waals surface area contributed by atoms with Crippen molar-refractivity contribution in [1.82, 2.24) is 0 Å². The lowest BCUT2D eigenvalue weighted by Gasteiger charge is -2.27. The summed E-state index contributed by atoms with van der Waals surface area (Å²) in [5, 5.41) is 18.4. The zero-order chi connectivity index (χ0) is 59.1. The predicted octanol–water partition coefficient (Wildman–Crippen LogP) is 17.9. The molecule has 0 bridgehead atoms. The van der Waals surface area contributed by atoms with Crippen molar-refractivity contribution in [1.29, 1.82) is 10.5 Å². The van der Waals surface area contributed by atoms with Crippen molar-refractivity contribution in [3.8, 4) is 80.4 Å². The Bertz CT molecular complexity index is 2860. The van der Waals surface area contributed by atoms with E-state index in [0.717, 1.165) is 136 Å². The van der Waals surface area contributed by atoms with Gasteiger partial charge >= 0.3 is 0 Å². The Labute approximate surface area is 499 Å². The summed E-state index contributed by atoms with van der Waals surface area (Å²) in [6, 6.07) is 38.4. The summed E-state index contributed by atoms with van der Waals surface area (Å²) in [5.41, 5.74) is 5.88. The number of nitrogens with zero attached hydrogens (tertiary/aromatic N) is 2. The molecule has 0 N–H and O–H groups in total. The lowest BCUT2D eigenvalue weighted by Crippen LogP contribution is -2.25. The summed E-state index contributed by atoms with van der Waals surface area (Å²) in [4.78, 5) is 31.2. The first kappa shape index (κ1) is 63.6.